The molecule has 7 nitrogen and oxygen atoms in total. The molecule has 2 aromatic rings. The Labute approximate surface area is 129 Å². The minimum absolute atomic E-state index is 0.0325. The van der Waals surface area contributed by atoms with Gasteiger partial charge in [0, 0.05) is 18.4 Å². The van der Waals surface area contributed by atoms with Crippen molar-refractivity contribution in [3.63, 3.8) is 0 Å². The van der Waals surface area contributed by atoms with E-state index in [-0.39, 0.29) is 23.7 Å². The Hall–Kier alpha value is -2.09. The number of rotatable bonds is 3. The summed E-state index contributed by atoms with van der Waals surface area (Å²) < 4.78 is 34.5. The zero-order chi connectivity index (χ0) is 15.9. The van der Waals surface area contributed by atoms with Gasteiger partial charge in [-0.2, -0.15) is 8.42 Å². The van der Waals surface area contributed by atoms with Crippen LogP contribution in [0.25, 0.3) is 0 Å². The summed E-state index contributed by atoms with van der Waals surface area (Å²) >= 11 is 0. The standard InChI is InChI=1S/C14H18N4O3S/c1-10(2)17-8-13(16-9-17)22(19,20)18-7-11(3)21-14-12(18)5-4-6-15-14/h4-6,8-11H,7H2,1-3H3. The quantitative estimate of drug-likeness (QED) is 0.861. The highest BCUT2D eigenvalue weighted by Crippen LogP contribution is 2.34. The molecule has 1 aliphatic rings. The van der Waals surface area contributed by atoms with Gasteiger partial charge < -0.3 is 9.30 Å². The average molecular weight is 322 g/mol. The minimum atomic E-state index is -3.74. The van der Waals surface area contributed by atoms with Crippen LogP contribution in [0.15, 0.2) is 35.9 Å². The zero-order valence-corrected chi connectivity index (χ0v) is 13.5. The third kappa shape index (κ3) is 2.43. The summed E-state index contributed by atoms with van der Waals surface area (Å²) in [6.07, 6.45) is 4.39. The van der Waals surface area contributed by atoms with Gasteiger partial charge in [-0.1, -0.05) is 0 Å². The van der Waals surface area contributed by atoms with E-state index in [1.165, 1.54) is 10.6 Å². The van der Waals surface area contributed by atoms with Gasteiger partial charge in [-0.15, -0.1) is 0 Å². The molecule has 1 unspecified atom stereocenters. The maximum Gasteiger partial charge on any atom is 0.283 e. The van der Waals surface area contributed by atoms with Gasteiger partial charge in [0.05, 0.1) is 12.9 Å². The highest BCUT2D eigenvalue weighted by Gasteiger charge is 2.34. The largest absolute Gasteiger partial charge is 0.471 e. The number of hydrogen-bond acceptors (Lipinski definition) is 5. The van der Waals surface area contributed by atoms with Crippen LogP contribution >= 0.6 is 0 Å². The van der Waals surface area contributed by atoms with Crippen molar-refractivity contribution < 1.29 is 13.2 Å². The topological polar surface area (TPSA) is 77.3 Å². The monoisotopic (exact) mass is 322 g/mol. The van der Waals surface area contributed by atoms with Crippen LogP contribution in [0.3, 0.4) is 0 Å². The molecule has 0 N–H and O–H groups in total. The normalized spacial score (nSPS) is 18.2. The fourth-order valence-corrected chi connectivity index (χ4v) is 3.76. The van der Waals surface area contributed by atoms with Gasteiger partial charge >= 0.3 is 0 Å². The predicted octanol–water partition coefficient (Wildman–Crippen LogP) is 1.84. The first-order valence-corrected chi connectivity index (χ1v) is 8.51. The second-order valence-electron chi connectivity index (χ2n) is 5.55. The van der Waals surface area contributed by atoms with Crippen molar-refractivity contribution in [2.75, 3.05) is 10.8 Å². The van der Waals surface area contributed by atoms with Crippen molar-refractivity contribution in [2.45, 2.75) is 37.9 Å². The van der Waals surface area contributed by atoms with Crippen LogP contribution in [-0.4, -0.2) is 35.6 Å². The molecule has 0 radical (unpaired) electrons. The van der Waals surface area contributed by atoms with Gasteiger partial charge in [-0.25, -0.2) is 9.97 Å². The van der Waals surface area contributed by atoms with Crippen molar-refractivity contribution in [1.29, 1.82) is 0 Å². The van der Waals surface area contributed by atoms with E-state index in [9.17, 15) is 8.42 Å². The molecule has 0 fully saturated rings. The van der Waals surface area contributed by atoms with Crippen molar-refractivity contribution in [3.8, 4) is 5.88 Å². The number of pyridine rings is 1. The number of anilines is 1. The summed E-state index contributed by atoms with van der Waals surface area (Å²) in [6, 6.07) is 3.52. The lowest BCUT2D eigenvalue weighted by Crippen LogP contribution is -2.42. The Bertz CT molecular complexity index is 785. The number of hydrogen-bond donors (Lipinski definition) is 0. The molecule has 22 heavy (non-hydrogen) atoms. The van der Waals surface area contributed by atoms with Crippen molar-refractivity contribution >= 4 is 15.7 Å². The third-order valence-corrected chi connectivity index (χ3v) is 5.15. The number of nitrogens with zero attached hydrogens (tertiary/aromatic N) is 4. The molecule has 0 saturated heterocycles. The molecule has 0 aliphatic carbocycles. The molecule has 2 aromatic heterocycles. The van der Waals surface area contributed by atoms with Crippen LogP contribution in [0.1, 0.15) is 26.8 Å². The van der Waals surface area contributed by atoms with Gasteiger partial charge in [0.25, 0.3) is 10.0 Å². The van der Waals surface area contributed by atoms with Crippen molar-refractivity contribution in [2.24, 2.45) is 0 Å². The molecule has 0 amide bonds. The summed E-state index contributed by atoms with van der Waals surface area (Å²) in [5, 5.41) is 0.0325. The van der Waals surface area contributed by atoms with Crippen LogP contribution in [0.2, 0.25) is 0 Å². The second kappa shape index (κ2) is 5.28. The van der Waals surface area contributed by atoms with E-state index < -0.39 is 10.0 Å². The summed E-state index contributed by atoms with van der Waals surface area (Å²) in [5.74, 6) is 0.327. The predicted molar refractivity (Wildman–Crippen MR) is 81.5 cm³/mol. The maximum absolute atomic E-state index is 12.9. The first kappa shape index (κ1) is 14.8. The number of ether oxygens (including phenoxy) is 1. The molecule has 8 heteroatoms. The minimum Gasteiger partial charge on any atom is -0.471 e. The molecule has 3 heterocycles. The molecular weight excluding hydrogens is 304 g/mol. The average Bonchev–Trinajstić information content (AvgIpc) is 2.97. The Balaban J connectivity index is 2.05. The number of fused-ring (bicyclic) bond motifs is 1. The lowest BCUT2D eigenvalue weighted by molar-refractivity contribution is 0.210. The fraction of sp³-hybridized carbons (Fsp3) is 0.429. The summed E-state index contributed by atoms with van der Waals surface area (Å²) in [4.78, 5) is 8.16. The van der Waals surface area contributed by atoms with Crippen LogP contribution < -0.4 is 9.04 Å². The van der Waals surface area contributed by atoms with Gasteiger partial charge in [0.15, 0.2) is 5.03 Å². The third-order valence-electron chi connectivity index (χ3n) is 3.48. The summed E-state index contributed by atoms with van der Waals surface area (Å²) in [7, 11) is -3.74. The Kier molecular flexibility index (Phi) is 3.56. The summed E-state index contributed by atoms with van der Waals surface area (Å²) in [6.45, 7) is 5.98. The molecule has 1 aliphatic heterocycles. The number of imidazole rings is 1. The molecule has 0 aromatic carbocycles. The number of sulfonamides is 1. The van der Waals surface area contributed by atoms with Crippen LogP contribution in [0.5, 0.6) is 5.88 Å². The van der Waals surface area contributed by atoms with E-state index >= 15 is 0 Å². The van der Waals surface area contributed by atoms with Crippen LogP contribution in [-0.2, 0) is 10.0 Å². The van der Waals surface area contributed by atoms with E-state index in [1.54, 1.807) is 29.1 Å². The second-order valence-corrected chi connectivity index (χ2v) is 7.35. The highest BCUT2D eigenvalue weighted by atomic mass is 32.2. The van der Waals surface area contributed by atoms with Gasteiger partial charge in [-0.05, 0) is 32.9 Å². The first-order chi connectivity index (χ1) is 10.4. The molecule has 3 rings (SSSR count). The van der Waals surface area contributed by atoms with Crippen molar-refractivity contribution in [1.82, 2.24) is 14.5 Å². The lowest BCUT2D eigenvalue weighted by atomic mass is 10.3. The van der Waals surface area contributed by atoms with E-state index in [2.05, 4.69) is 9.97 Å². The SMILES string of the molecule is CC1CN(S(=O)(=O)c2cn(C(C)C)cn2)c2cccnc2O1. The zero-order valence-electron chi connectivity index (χ0n) is 12.7. The molecular formula is C14H18N4O3S. The molecule has 0 bridgehead atoms. The smallest absolute Gasteiger partial charge is 0.283 e. The Morgan fingerprint density at radius 3 is 2.82 bits per heavy atom. The van der Waals surface area contributed by atoms with Gasteiger partial charge in [-0.3, -0.25) is 4.31 Å². The van der Waals surface area contributed by atoms with E-state index in [1.807, 2.05) is 20.8 Å². The number of aromatic nitrogens is 3. The molecule has 1 atom stereocenters. The fourth-order valence-electron chi connectivity index (χ4n) is 2.30. The molecule has 0 spiro atoms. The Morgan fingerprint density at radius 1 is 1.36 bits per heavy atom. The van der Waals surface area contributed by atoms with Gasteiger partial charge in [0.2, 0.25) is 5.88 Å². The van der Waals surface area contributed by atoms with E-state index in [0.29, 0.717) is 11.6 Å². The van der Waals surface area contributed by atoms with Gasteiger partial charge in [0.1, 0.15) is 11.8 Å². The van der Waals surface area contributed by atoms with Crippen molar-refractivity contribution in [3.05, 3.63) is 30.9 Å². The van der Waals surface area contributed by atoms with E-state index in [0.717, 1.165) is 0 Å². The van der Waals surface area contributed by atoms with Crippen LogP contribution in [0, 0.1) is 0 Å². The summed E-state index contributed by atoms with van der Waals surface area (Å²) in [5.41, 5.74) is 0.444. The van der Waals surface area contributed by atoms with Crippen LogP contribution in [0.4, 0.5) is 5.69 Å². The Morgan fingerprint density at radius 2 is 2.14 bits per heavy atom. The molecule has 0 saturated carbocycles. The first-order valence-electron chi connectivity index (χ1n) is 7.07. The van der Waals surface area contributed by atoms with E-state index in [4.69, 9.17) is 4.74 Å². The molecule has 118 valence electrons. The lowest BCUT2D eigenvalue weighted by Gasteiger charge is -2.32. The highest BCUT2D eigenvalue weighted by molar-refractivity contribution is 7.92. The maximum atomic E-state index is 12.9.